The third kappa shape index (κ3) is 2.85. The van der Waals surface area contributed by atoms with Crippen molar-refractivity contribution in [3.05, 3.63) is 46.3 Å². The Bertz CT molecular complexity index is 812. The number of nitrogens with zero attached hydrogens (tertiary/aromatic N) is 2. The van der Waals surface area contributed by atoms with Gasteiger partial charge in [-0.15, -0.1) is 0 Å². The average Bonchev–Trinajstić information content (AvgIpc) is 2.88. The highest BCUT2D eigenvalue weighted by Gasteiger charge is 2.35. The molecule has 0 unspecified atom stereocenters. The molecule has 118 valence electrons. The molecule has 0 amide bonds. The number of Topliss-reactive ketones (excluding diaryl/α,β-unsaturated/α-hetero) is 1. The minimum atomic E-state index is -0.0771. The van der Waals surface area contributed by atoms with Gasteiger partial charge in [0.2, 0.25) is 0 Å². The standard InChI is InChI=1S/C18H18N2O3/c1-18(2)8-13-17(14(21)9-18)16(23-20-13)7-11-4-5-15(22-3)12(6-11)10-19/h4-6H,7-9H2,1-3H3. The van der Waals surface area contributed by atoms with E-state index >= 15 is 0 Å². The van der Waals surface area contributed by atoms with E-state index in [1.807, 2.05) is 6.07 Å². The fourth-order valence-electron chi connectivity index (χ4n) is 3.10. The number of hydrogen-bond acceptors (Lipinski definition) is 5. The number of benzene rings is 1. The minimum absolute atomic E-state index is 0.0771. The number of ether oxygens (including phenoxy) is 1. The third-order valence-corrected chi connectivity index (χ3v) is 4.15. The molecule has 1 aromatic carbocycles. The SMILES string of the molecule is COc1ccc(Cc2onc3c2C(=O)CC(C)(C)C3)cc1C#N. The second kappa shape index (κ2) is 5.54. The molecular formula is C18H18N2O3. The van der Waals surface area contributed by atoms with Gasteiger partial charge >= 0.3 is 0 Å². The molecule has 0 fully saturated rings. The summed E-state index contributed by atoms with van der Waals surface area (Å²) in [5.41, 5.74) is 2.64. The number of nitriles is 1. The van der Waals surface area contributed by atoms with Crippen LogP contribution < -0.4 is 4.74 Å². The molecule has 2 aromatic rings. The monoisotopic (exact) mass is 310 g/mol. The largest absolute Gasteiger partial charge is 0.495 e. The molecule has 0 saturated carbocycles. The summed E-state index contributed by atoms with van der Waals surface area (Å²) < 4.78 is 10.6. The van der Waals surface area contributed by atoms with Gasteiger partial charge in [0.1, 0.15) is 11.8 Å². The lowest BCUT2D eigenvalue weighted by molar-refractivity contribution is 0.0911. The van der Waals surface area contributed by atoms with Crippen LogP contribution in [0.2, 0.25) is 0 Å². The number of hydrogen-bond donors (Lipinski definition) is 0. The van der Waals surface area contributed by atoms with Crippen molar-refractivity contribution in [2.24, 2.45) is 5.41 Å². The Morgan fingerprint density at radius 2 is 2.17 bits per heavy atom. The molecule has 5 nitrogen and oxygen atoms in total. The Labute approximate surface area is 134 Å². The molecular weight excluding hydrogens is 292 g/mol. The van der Waals surface area contributed by atoms with Gasteiger partial charge in [-0.05, 0) is 29.5 Å². The van der Waals surface area contributed by atoms with Crippen LogP contribution in [0.25, 0.3) is 0 Å². The van der Waals surface area contributed by atoms with Crippen LogP contribution in [0.3, 0.4) is 0 Å². The van der Waals surface area contributed by atoms with Gasteiger partial charge in [0.25, 0.3) is 0 Å². The second-order valence-electron chi connectivity index (χ2n) is 6.69. The second-order valence-corrected chi connectivity index (χ2v) is 6.69. The number of methoxy groups -OCH3 is 1. The Hall–Kier alpha value is -2.61. The molecule has 3 rings (SSSR count). The van der Waals surface area contributed by atoms with Crippen LogP contribution in [-0.2, 0) is 12.8 Å². The molecule has 0 bridgehead atoms. The molecule has 0 radical (unpaired) electrons. The lowest BCUT2D eigenvalue weighted by atomic mass is 9.75. The van der Waals surface area contributed by atoms with Crippen molar-refractivity contribution >= 4 is 5.78 Å². The van der Waals surface area contributed by atoms with Gasteiger partial charge in [0.05, 0.1) is 23.9 Å². The first kappa shape index (κ1) is 15.3. The molecule has 0 N–H and O–H groups in total. The molecule has 5 heteroatoms. The van der Waals surface area contributed by atoms with E-state index in [1.54, 1.807) is 12.1 Å². The normalized spacial score (nSPS) is 15.8. The Morgan fingerprint density at radius 1 is 1.39 bits per heavy atom. The summed E-state index contributed by atoms with van der Waals surface area (Å²) in [6.45, 7) is 4.12. The van der Waals surface area contributed by atoms with Crippen LogP contribution in [0, 0.1) is 16.7 Å². The molecule has 23 heavy (non-hydrogen) atoms. The number of carbonyl (C=O) groups excluding carboxylic acids is 1. The fraction of sp³-hybridized carbons (Fsp3) is 0.389. The maximum absolute atomic E-state index is 12.4. The van der Waals surface area contributed by atoms with Crippen LogP contribution in [0.4, 0.5) is 0 Å². The summed E-state index contributed by atoms with van der Waals surface area (Å²) in [4.78, 5) is 12.4. The maximum atomic E-state index is 12.4. The summed E-state index contributed by atoms with van der Waals surface area (Å²) in [5.74, 6) is 1.20. The van der Waals surface area contributed by atoms with Gasteiger partial charge in [-0.3, -0.25) is 4.79 Å². The van der Waals surface area contributed by atoms with Crippen molar-refractivity contribution in [3.8, 4) is 11.8 Å². The van der Waals surface area contributed by atoms with Gasteiger partial charge in [-0.25, -0.2) is 0 Å². The average molecular weight is 310 g/mol. The first-order valence-corrected chi connectivity index (χ1v) is 7.51. The topological polar surface area (TPSA) is 76.1 Å². The first-order valence-electron chi connectivity index (χ1n) is 7.51. The van der Waals surface area contributed by atoms with Gasteiger partial charge in [-0.1, -0.05) is 25.1 Å². The highest BCUT2D eigenvalue weighted by atomic mass is 16.5. The van der Waals surface area contributed by atoms with E-state index in [4.69, 9.17) is 9.26 Å². The lowest BCUT2D eigenvalue weighted by Gasteiger charge is -2.26. The van der Waals surface area contributed by atoms with Gasteiger partial charge in [0, 0.05) is 12.8 Å². The summed E-state index contributed by atoms with van der Waals surface area (Å²) in [7, 11) is 1.53. The Kier molecular flexibility index (Phi) is 3.69. The van der Waals surface area contributed by atoms with E-state index in [-0.39, 0.29) is 11.2 Å². The number of ketones is 1. The van der Waals surface area contributed by atoms with E-state index in [1.165, 1.54) is 7.11 Å². The van der Waals surface area contributed by atoms with Crippen LogP contribution >= 0.6 is 0 Å². The van der Waals surface area contributed by atoms with E-state index in [0.29, 0.717) is 35.5 Å². The van der Waals surface area contributed by atoms with Crippen molar-refractivity contribution in [2.75, 3.05) is 7.11 Å². The molecule has 1 aromatic heterocycles. The van der Waals surface area contributed by atoms with Crippen molar-refractivity contribution in [2.45, 2.75) is 33.1 Å². The molecule has 1 heterocycles. The van der Waals surface area contributed by atoms with Gasteiger partial charge in [-0.2, -0.15) is 5.26 Å². The minimum Gasteiger partial charge on any atom is -0.495 e. The predicted octanol–water partition coefficient (Wildman–Crippen LogP) is 3.30. The van der Waals surface area contributed by atoms with Crippen molar-refractivity contribution in [3.63, 3.8) is 0 Å². The molecule has 0 aliphatic heterocycles. The number of carbonyl (C=O) groups is 1. The van der Waals surface area contributed by atoms with E-state index < -0.39 is 0 Å². The maximum Gasteiger partial charge on any atom is 0.168 e. The quantitative estimate of drug-likeness (QED) is 0.869. The fourth-order valence-corrected chi connectivity index (χ4v) is 3.10. The summed E-state index contributed by atoms with van der Waals surface area (Å²) in [6, 6.07) is 7.48. The summed E-state index contributed by atoms with van der Waals surface area (Å²) in [5, 5.41) is 13.3. The van der Waals surface area contributed by atoms with Crippen LogP contribution in [-0.4, -0.2) is 18.0 Å². The Balaban J connectivity index is 1.93. The first-order chi connectivity index (χ1) is 10.9. The van der Waals surface area contributed by atoms with Gasteiger partial charge < -0.3 is 9.26 Å². The Morgan fingerprint density at radius 3 is 2.87 bits per heavy atom. The van der Waals surface area contributed by atoms with E-state index in [2.05, 4.69) is 25.1 Å². The third-order valence-electron chi connectivity index (χ3n) is 4.15. The zero-order chi connectivity index (χ0) is 16.6. The number of fused-ring (bicyclic) bond motifs is 1. The van der Waals surface area contributed by atoms with Crippen LogP contribution in [0.15, 0.2) is 22.7 Å². The van der Waals surface area contributed by atoms with Crippen molar-refractivity contribution < 1.29 is 14.1 Å². The lowest BCUT2D eigenvalue weighted by Crippen LogP contribution is -2.27. The highest BCUT2D eigenvalue weighted by molar-refractivity contribution is 5.99. The summed E-state index contributed by atoms with van der Waals surface area (Å²) >= 11 is 0. The van der Waals surface area contributed by atoms with Crippen LogP contribution in [0.5, 0.6) is 5.75 Å². The van der Waals surface area contributed by atoms with E-state index in [0.717, 1.165) is 17.7 Å². The zero-order valence-corrected chi connectivity index (χ0v) is 13.5. The molecule has 1 aliphatic carbocycles. The highest BCUT2D eigenvalue weighted by Crippen LogP contribution is 2.36. The summed E-state index contributed by atoms with van der Waals surface area (Å²) in [6.07, 6.45) is 1.68. The van der Waals surface area contributed by atoms with E-state index in [9.17, 15) is 10.1 Å². The zero-order valence-electron chi connectivity index (χ0n) is 13.5. The number of rotatable bonds is 3. The molecule has 1 aliphatic rings. The van der Waals surface area contributed by atoms with Crippen molar-refractivity contribution in [1.82, 2.24) is 5.16 Å². The molecule has 0 saturated heterocycles. The predicted molar refractivity (Wildman–Crippen MR) is 83.5 cm³/mol. The smallest absolute Gasteiger partial charge is 0.168 e. The van der Waals surface area contributed by atoms with Crippen molar-refractivity contribution in [1.29, 1.82) is 5.26 Å². The number of aromatic nitrogens is 1. The van der Waals surface area contributed by atoms with Crippen LogP contribution in [0.1, 0.15) is 53.2 Å². The molecule has 0 atom stereocenters. The molecule has 0 spiro atoms. The van der Waals surface area contributed by atoms with Gasteiger partial charge in [0.15, 0.2) is 11.5 Å².